The molecule has 10 heteroatoms. The van der Waals surface area contributed by atoms with Gasteiger partial charge in [0.2, 0.25) is 5.91 Å². The minimum atomic E-state index is -1.10. The van der Waals surface area contributed by atoms with Gasteiger partial charge in [0.25, 0.3) is 0 Å². The molecule has 0 spiro atoms. The number of hydrogen-bond acceptors (Lipinski definition) is 6. The number of nitrogens with zero attached hydrogens (tertiary/aromatic N) is 3. The summed E-state index contributed by atoms with van der Waals surface area (Å²) in [5.74, 6) is -0.281. The van der Waals surface area contributed by atoms with E-state index in [4.69, 9.17) is 37.6 Å². The number of amides is 1. The molecule has 3 aromatic rings. The Hall–Kier alpha value is -2.94. The number of carboxylic acid groups (broad SMARTS) is 1. The molecular weight excluding hydrogens is 493 g/mol. The van der Waals surface area contributed by atoms with Crippen LogP contribution in [-0.4, -0.2) is 39.3 Å². The van der Waals surface area contributed by atoms with Crippen LogP contribution in [0.3, 0.4) is 0 Å². The molecule has 3 atom stereocenters. The van der Waals surface area contributed by atoms with Crippen LogP contribution in [0.5, 0.6) is 0 Å². The minimum Gasteiger partial charge on any atom is -0.477 e. The van der Waals surface area contributed by atoms with Crippen molar-refractivity contribution in [1.82, 2.24) is 10.1 Å². The number of carbonyl (C=O) groups excluding carboxylic acids is 1. The molecule has 6 rings (SSSR count). The topological polar surface area (TPSA) is 106 Å². The van der Waals surface area contributed by atoms with Crippen molar-refractivity contribution in [1.29, 1.82) is 0 Å². The van der Waals surface area contributed by atoms with Crippen LogP contribution >= 0.6 is 23.2 Å². The molecule has 2 aliphatic carbocycles. The molecule has 3 fully saturated rings. The lowest BCUT2D eigenvalue weighted by molar-refractivity contribution is -0.126. The van der Waals surface area contributed by atoms with Crippen molar-refractivity contribution < 1.29 is 24.0 Å². The largest absolute Gasteiger partial charge is 0.477 e. The fourth-order valence-corrected chi connectivity index (χ4v) is 5.80. The second-order valence-electron chi connectivity index (χ2n) is 9.24. The Labute approximate surface area is 210 Å². The molecule has 3 heterocycles. The van der Waals surface area contributed by atoms with Crippen LogP contribution in [0.4, 0.5) is 5.69 Å². The molecule has 180 valence electrons. The van der Waals surface area contributed by atoms with Gasteiger partial charge >= 0.3 is 5.97 Å². The highest BCUT2D eigenvalue weighted by Gasteiger charge is 2.52. The van der Waals surface area contributed by atoms with E-state index in [1.54, 1.807) is 29.2 Å². The third kappa shape index (κ3) is 3.90. The fourth-order valence-electron chi connectivity index (χ4n) is 5.22. The molecule has 1 amide bonds. The third-order valence-corrected chi connectivity index (χ3v) is 7.68. The number of pyridine rings is 1. The number of rotatable bonds is 7. The maximum Gasteiger partial charge on any atom is 0.354 e. The first-order chi connectivity index (χ1) is 16.9. The van der Waals surface area contributed by atoms with E-state index in [1.165, 1.54) is 12.3 Å². The number of fused-ring (bicyclic) bond motifs is 2. The van der Waals surface area contributed by atoms with Crippen molar-refractivity contribution in [3.8, 4) is 11.3 Å². The normalized spacial score (nSPS) is 23.3. The van der Waals surface area contributed by atoms with Gasteiger partial charge in [-0.2, -0.15) is 0 Å². The Kier molecular flexibility index (Phi) is 5.55. The van der Waals surface area contributed by atoms with E-state index >= 15 is 0 Å². The van der Waals surface area contributed by atoms with Crippen molar-refractivity contribution in [2.75, 3.05) is 4.90 Å². The summed E-state index contributed by atoms with van der Waals surface area (Å²) in [7, 11) is 0. The monoisotopic (exact) mass is 513 g/mol. The first kappa shape index (κ1) is 22.5. The van der Waals surface area contributed by atoms with E-state index in [2.05, 4.69) is 10.1 Å². The van der Waals surface area contributed by atoms with Crippen molar-refractivity contribution in [3.05, 3.63) is 63.6 Å². The Morgan fingerprint density at radius 1 is 1.17 bits per heavy atom. The average Bonchev–Trinajstić information content (AvgIpc) is 3.34. The minimum absolute atomic E-state index is 0.0159. The van der Waals surface area contributed by atoms with Gasteiger partial charge < -0.3 is 19.3 Å². The molecule has 1 aromatic carbocycles. The third-order valence-electron chi connectivity index (χ3n) is 7.05. The lowest BCUT2D eigenvalue weighted by Crippen LogP contribution is -2.43. The second kappa shape index (κ2) is 8.62. The number of aromatic nitrogens is 2. The summed E-state index contributed by atoms with van der Waals surface area (Å²) in [6, 6.07) is 8.34. The van der Waals surface area contributed by atoms with Gasteiger partial charge in [0.1, 0.15) is 17.1 Å². The molecule has 8 nitrogen and oxygen atoms in total. The zero-order valence-corrected chi connectivity index (χ0v) is 20.0. The van der Waals surface area contributed by atoms with E-state index in [9.17, 15) is 9.59 Å². The summed E-state index contributed by atoms with van der Waals surface area (Å²) < 4.78 is 12.0. The summed E-state index contributed by atoms with van der Waals surface area (Å²) in [5.41, 5.74) is 2.60. The van der Waals surface area contributed by atoms with Crippen LogP contribution in [0, 0.1) is 5.92 Å². The van der Waals surface area contributed by atoms with Crippen LogP contribution in [-0.2, 0) is 16.1 Å². The number of aromatic carboxylic acids is 1. The Balaban J connectivity index is 1.21. The number of piperidine rings is 1. The van der Waals surface area contributed by atoms with E-state index < -0.39 is 5.97 Å². The number of ether oxygens (including phenoxy) is 1. The van der Waals surface area contributed by atoms with Crippen molar-refractivity contribution >= 4 is 40.8 Å². The highest BCUT2D eigenvalue weighted by molar-refractivity contribution is 6.39. The maximum atomic E-state index is 13.2. The molecule has 1 saturated heterocycles. The van der Waals surface area contributed by atoms with Gasteiger partial charge in [-0.25, -0.2) is 9.78 Å². The van der Waals surface area contributed by atoms with Crippen LogP contribution < -0.4 is 4.90 Å². The highest BCUT2D eigenvalue weighted by Crippen LogP contribution is 2.47. The molecule has 3 aliphatic rings. The Bertz CT molecular complexity index is 1300. The molecule has 2 bridgehead atoms. The van der Waals surface area contributed by atoms with Crippen molar-refractivity contribution in [2.24, 2.45) is 5.92 Å². The zero-order chi connectivity index (χ0) is 24.3. The smallest absolute Gasteiger partial charge is 0.354 e. The lowest BCUT2D eigenvalue weighted by atomic mass is 10.0. The van der Waals surface area contributed by atoms with Gasteiger partial charge in [0.15, 0.2) is 0 Å². The summed E-state index contributed by atoms with van der Waals surface area (Å²) in [6.07, 6.45) is 4.65. The van der Waals surface area contributed by atoms with Crippen molar-refractivity contribution in [2.45, 2.75) is 50.4 Å². The predicted molar refractivity (Wildman–Crippen MR) is 128 cm³/mol. The molecule has 0 unspecified atom stereocenters. The van der Waals surface area contributed by atoms with Crippen LogP contribution in [0.1, 0.15) is 53.4 Å². The van der Waals surface area contributed by atoms with Gasteiger partial charge in [-0.3, -0.25) is 4.79 Å². The molecular formula is C25H21Cl2N3O5. The molecule has 2 saturated carbocycles. The predicted octanol–water partition coefficient (Wildman–Crippen LogP) is 5.33. The van der Waals surface area contributed by atoms with Crippen LogP contribution in [0.2, 0.25) is 10.0 Å². The molecule has 1 aliphatic heterocycles. The Morgan fingerprint density at radius 3 is 2.57 bits per heavy atom. The SMILES string of the molecule is O=C(O)c1ccc(N2C(=O)[C@@H]3C[C@H]2C[C@@H]3OCc2c(-c3c(Cl)cccc3Cl)noc2C2CC2)cn1. The van der Waals surface area contributed by atoms with Gasteiger partial charge in [-0.1, -0.05) is 34.4 Å². The first-order valence-electron chi connectivity index (χ1n) is 11.5. The van der Waals surface area contributed by atoms with E-state index in [1.807, 2.05) is 0 Å². The lowest BCUT2D eigenvalue weighted by Gasteiger charge is -2.31. The number of benzene rings is 1. The second-order valence-corrected chi connectivity index (χ2v) is 10.1. The number of anilines is 1. The summed E-state index contributed by atoms with van der Waals surface area (Å²) in [4.78, 5) is 29.9. The summed E-state index contributed by atoms with van der Waals surface area (Å²) >= 11 is 12.9. The average molecular weight is 514 g/mol. The molecule has 1 N–H and O–H groups in total. The summed E-state index contributed by atoms with van der Waals surface area (Å²) in [6.45, 7) is 0.252. The molecule has 0 radical (unpaired) electrons. The number of halogens is 2. The zero-order valence-electron chi connectivity index (χ0n) is 18.5. The fraction of sp³-hybridized carbons (Fsp3) is 0.360. The van der Waals surface area contributed by atoms with E-state index in [0.717, 1.165) is 24.2 Å². The van der Waals surface area contributed by atoms with Crippen LogP contribution in [0.25, 0.3) is 11.3 Å². The highest BCUT2D eigenvalue weighted by atomic mass is 35.5. The summed E-state index contributed by atoms with van der Waals surface area (Å²) in [5, 5.41) is 14.3. The number of carbonyl (C=O) groups is 2. The molecule has 2 aromatic heterocycles. The maximum absolute atomic E-state index is 13.2. The number of carboxylic acids is 1. The first-order valence-corrected chi connectivity index (χ1v) is 12.2. The van der Waals surface area contributed by atoms with Crippen LogP contribution in [0.15, 0.2) is 41.1 Å². The quantitative estimate of drug-likeness (QED) is 0.454. The van der Waals surface area contributed by atoms with E-state index in [0.29, 0.717) is 45.7 Å². The van der Waals surface area contributed by atoms with Crippen molar-refractivity contribution in [3.63, 3.8) is 0 Å². The number of hydrogen-bond donors (Lipinski definition) is 1. The van der Waals surface area contributed by atoms with E-state index in [-0.39, 0.29) is 36.3 Å². The molecule has 35 heavy (non-hydrogen) atoms. The standard InChI is InChI=1S/C25H21Cl2N3O5/c26-17-2-1-3-18(27)21(17)22-16(23(35-29-22)12-4-5-12)11-34-20-9-14-8-15(20)24(31)30(14)13-6-7-19(25(32)33)28-10-13/h1-3,6-7,10,12,14-15,20H,4-5,8-9,11H2,(H,32,33)/t14-,15+,20-/m0/s1. The van der Waals surface area contributed by atoms with Gasteiger partial charge in [-0.05, 0) is 49.9 Å². The Morgan fingerprint density at radius 2 is 1.94 bits per heavy atom. The van der Waals surface area contributed by atoms with Gasteiger partial charge in [0, 0.05) is 23.1 Å². The van der Waals surface area contributed by atoms with Gasteiger partial charge in [-0.15, -0.1) is 0 Å². The van der Waals surface area contributed by atoms with Gasteiger partial charge in [0.05, 0.1) is 40.6 Å².